The van der Waals surface area contributed by atoms with Crippen LogP contribution in [0.15, 0.2) is 0 Å². The van der Waals surface area contributed by atoms with Crippen molar-refractivity contribution in [2.24, 2.45) is 5.92 Å². The maximum atomic E-state index is 12.3. The van der Waals surface area contributed by atoms with Crippen molar-refractivity contribution in [1.82, 2.24) is 5.32 Å². The van der Waals surface area contributed by atoms with Crippen LogP contribution in [0.2, 0.25) is 0 Å². The van der Waals surface area contributed by atoms with Gasteiger partial charge in [-0.05, 0) is 32.1 Å². The van der Waals surface area contributed by atoms with Gasteiger partial charge in [0.15, 0.2) is 9.84 Å². The van der Waals surface area contributed by atoms with E-state index in [4.69, 9.17) is 0 Å². The first kappa shape index (κ1) is 17.2. The van der Waals surface area contributed by atoms with Crippen molar-refractivity contribution in [2.45, 2.75) is 72.0 Å². The molecule has 2 fully saturated rings. The Labute approximate surface area is 138 Å². The first-order chi connectivity index (χ1) is 9.37. The molecule has 1 aliphatic carbocycles. The molecule has 2 rings (SSSR count). The predicted octanol–water partition coefficient (Wildman–Crippen LogP) is 2.53. The molecule has 2 aliphatic rings. The van der Waals surface area contributed by atoms with Gasteiger partial charge >= 0.3 is 0 Å². The van der Waals surface area contributed by atoms with Crippen LogP contribution >= 0.6 is 31.9 Å². The van der Waals surface area contributed by atoms with Gasteiger partial charge < -0.3 is 10.4 Å². The summed E-state index contributed by atoms with van der Waals surface area (Å²) >= 11 is 6.75. The Balaban J connectivity index is 2.11. The number of hydrogen-bond acceptors (Lipinski definition) is 4. The molecule has 4 nitrogen and oxygen atoms in total. The van der Waals surface area contributed by atoms with Gasteiger partial charge in [-0.2, -0.15) is 0 Å². The molecule has 0 amide bonds. The van der Waals surface area contributed by atoms with E-state index in [2.05, 4.69) is 44.1 Å². The summed E-state index contributed by atoms with van der Waals surface area (Å²) in [5.41, 5.74) is 0. The molecule has 20 heavy (non-hydrogen) atoms. The Morgan fingerprint density at radius 3 is 2.55 bits per heavy atom. The minimum Gasteiger partial charge on any atom is -0.393 e. The summed E-state index contributed by atoms with van der Waals surface area (Å²) < 4.78 is 23.6. The van der Waals surface area contributed by atoms with Crippen molar-refractivity contribution in [3.05, 3.63) is 0 Å². The molecule has 6 unspecified atom stereocenters. The molecule has 0 aromatic carbocycles. The highest BCUT2D eigenvalue weighted by Gasteiger charge is 2.52. The average Bonchev–Trinajstić information content (AvgIpc) is 2.54. The lowest BCUT2D eigenvalue weighted by Crippen LogP contribution is -2.47. The number of aliphatic hydroxyl groups is 1. The van der Waals surface area contributed by atoms with Gasteiger partial charge in [0.05, 0.1) is 6.10 Å². The highest BCUT2D eigenvalue weighted by Crippen LogP contribution is 2.42. The zero-order valence-electron chi connectivity index (χ0n) is 11.6. The minimum atomic E-state index is -3.18. The summed E-state index contributed by atoms with van der Waals surface area (Å²) in [6.45, 7) is 2.08. The van der Waals surface area contributed by atoms with Crippen LogP contribution in [0.5, 0.6) is 0 Å². The van der Waals surface area contributed by atoms with E-state index in [0.717, 1.165) is 38.5 Å². The molecule has 1 saturated heterocycles. The van der Waals surface area contributed by atoms with Crippen molar-refractivity contribution >= 4 is 41.7 Å². The average molecular weight is 433 g/mol. The lowest BCUT2D eigenvalue weighted by Gasteiger charge is -2.32. The maximum absolute atomic E-state index is 12.3. The van der Waals surface area contributed by atoms with Crippen molar-refractivity contribution in [3.63, 3.8) is 0 Å². The van der Waals surface area contributed by atoms with Gasteiger partial charge in [0, 0.05) is 18.0 Å². The van der Waals surface area contributed by atoms with E-state index in [1.54, 1.807) is 0 Å². The van der Waals surface area contributed by atoms with Gasteiger partial charge in [-0.1, -0.05) is 45.2 Å². The summed E-state index contributed by atoms with van der Waals surface area (Å²) in [7, 11) is -3.18. The third-order valence-electron chi connectivity index (χ3n) is 4.40. The van der Waals surface area contributed by atoms with Crippen molar-refractivity contribution in [2.75, 3.05) is 0 Å². The van der Waals surface area contributed by atoms with E-state index >= 15 is 0 Å². The van der Waals surface area contributed by atoms with Crippen LogP contribution < -0.4 is 5.32 Å². The zero-order chi connectivity index (χ0) is 14.9. The van der Waals surface area contributed by atoms with Crippen LogP contribution in [0.3, 0.4) is 0 Å². The van der Waals surface area contributed by atoms with Gasteiger partial charge in [-0.15, -0.1) is 0 Å². The monoisotopic (exact) mass is 431 g/mol. The van der Waals surface area contributed by atoms with Gasteiger partial charge in [0.25, 0.3) is 0 Å². The van der Waals surface area contributed by atoms with Gasteiger partial charge in [-0.25, -0.2) is 8.42 Å². The molecule has 118 valence electrons. The fraction of sp³-hybridized carbons (Fsp3) is 1.00. The molecule has 0 spiro atoms. The van der Waals surface area contributed by atoms with Crippen molar-refractivity contribution in [1.29, 1.82) is 0 Å². The Bertz CT molecular complexity index is 431. The minimum absolute atomic E-state index is 0.0773. The molecule has 0 aromatic heterocycles. The van der Waals surface area contributed by atoms with E-state index < -0.39 is 18.2 Å². The molecule has 2 N–H and O–H groups in total. The summed E-state index contributed by atoms with van der Waals surface area (Å²) in [5, 5.41) is 13.3. The largest absolute Gasteiger partial charge is 0.393 e. The van der Waals surface area contributed by atoms with Gasteiger partial charge in [0.2, 0.25) is 0 Å². The molecule has 1 saturated carbocycles. The van der Waals surface area contributed by atoms with Crippen LogP contribution in [0, 0.1) is 5.92 Å². The molecule has 0 aromatic rings. The third kappa shape index (κ3) is 3.42. The molecule has 6 atom stereocenters. The highest BCUT2D eigenvalue weighted by atomic mass is 79.9. The number of alkyl halides is 2. The SMILES string of the molecule is CCCC1C(NC2CCCC(O)C2)C(Br)S(=O)(=O)C1Br. The summed E-state index contributed by atoms with van der Waals surface area (Å²) in [4.78, 5) is 0. The standard InChI is InChI=1S/C13H23Br2NO3S/c1-2-4-10-11(13(15)20(18,19)12(10)14)16-8-5-3-6-9(17)7-8/h8-13,16-17H,2-7H2,1H3. The van der Waals surface area contributed by atoms with Crippen molar-refractivity contribution < 1.29 is 13.5 Å². The van der Waals surface area contributed by atoms with E-state index in [1.165, 1.54) is 0 Å². The molecule has 7 heteroatoms. The summed E-state index contributed by atoms with van der Waals surface area (Å²) in [6.07, 6.45) is 5.19. The fourth-order valence-electron chi connectivity index (χ4n) is 3.36. The van der Waals surface area contributed by atoms with Crippen molar-refractivity contribution in [3.8, 4) is 0 Å². The lowest BCUT2D eigenvalue weighted by atomic mass is 9.90. The normalized spacial score (nSPS) is 44.6. The Kier molecular flexibility index (Phi) is 5.96. The summed E-state index contributed by atoms with van der Waals surface area (Å²) in [5.74, 6) is 0.0773. The Morgan fingerprint density at radius 2 is 1.95 bits per heavy atom. The summed E-state index contributed by atoms with van der Waals surface area (Å²) in [6, 6.07) is 0.135. The molecule has 0 bridgehead atoms. The van der Waals surface area contributed by atoms with Crippen LogP contribution in [-0.4, -0.2) is 40.0 Å². The second-order valence-electron chi connectivity index (χ2n) is 5.95. The Hall–Kier alpha value is 0.830. The first-order valence-corrected chi connectivity index (χ1v) is 10.8. The quantitative estimate of drug-likeness (QED) is 0.670. The number of nitrogens with one attached hydrogen (secondary N) is 1. The van der Waals surface area contributed by atoms with Crippen LogP contribution in [-0.2, 0) is 9.84 Å². The second-order valence-corrected chi connectivity index (χ2v) is 11.3. The molecule has 0 radical (unpaired) electrons. The molecule has 1 aliphatic heterocycles. The van der Waals surface area contributed by atoms with Gasteiger partial charge in [0.1, 0.15) is 8.32 Å². The highest BCUT2D eigenvalue weighted by molar-refractivity contribution is 9.13. The number of sulfone groups is 1. The maximum Gasteiger partial charge on any atom is 0.177 e. The van der Waals surface area contributed by atoms with E-state index in [1.807, 2.05) is 0 Å². The lowest BCUT2D eigenvalue weighted by molar-refractivity contribution is 0.107. The smallest absolute Gasteiger partial charge is 0.177 e. The van der Waals surface area contributed by atoms with E-state index in [9.17, 15) is 13.5 Å². The molecular weight excluding hydrogens is 410 g/mol. The Morgan fingerprint density at radius 1 is 1.25 bits per heavy atom. The number of rotatable bonds is 4. The van der Waals surface area contributed by atoms with Crippen LogP contribution in [0.4, 0.5) is 0 Å². The van der Waals surface area contributed by atoms with Gasteiger partial charge in [-0.3, -0.25) is 0 Å². The van der Waals surface area contributed by atoms with Crippen LogP contribution in [0.25, 0.3) is 0 Å². The topological polar surface area (TPSA) is 66.4 Å². The second kappa shape index (κ2) is 6.94. The number of halogens is 2. The van der Waals surface area contributed by atoms with E-state index in [0.29, 0.717) is 0 Å². The fourth-order valence-corrected chi connectivity index (χ4v) is 8.49. The predicted molar refractivity (Wildman–Crippen MR) is 87.9 cm³/mol. The number of aliphatic hydroxyl groups excluding tert-OH is 1. The number of hydrogen-bond donors (Lipinski definition) is 2. The van der Waals surface area contributed by atoms with Crippen LogP contribution in [0.1, 0.15) is 45.4 Å². The molecular formula is C13H23Br2NO3S. The third-order valence-corrected chi connectivity index (χ3v) is 10.7. The van der Waals surface area contributed by atoms with E-state index in [-0.39, 0.29) is 24.1 Å². The molecule has 1 heterocycles. The zero-order valence-corrected chi connectivity index (χ0v) is 15.6. The first-order valence-electron chi connectivity index (χ1n) is 7.33.